The number of halogens is 4. The first-order valence-corrected chi connectivity index (χ1v) is 12.4. The molecule has 0 atom stereocenters. The van der Waals surface area contributed by atoms with Crippen molar-refractivity contribution >= 4 is 91.7 Å². The predicted molar refractivity (Wildman–Crippen MR) is 145 cm³/mol. The average Bonchev–Trinajstić information content (AvgIpc) is 3.27. The van der Waals surface area contributed by atoms with E-state index < -0.39 is 0 Å². The SMILES string of the molecule is O=C1/C(=C/c2cn(Cc3ccc(F)cc3Cl)c3ccccc23)SC(=S)N1c1ccc(Cl)cc1Cl. The molecule has 1 aliphatic rings. The summed E-state index contributed by atoms with van der Waals surface area (Å²) in [6.07, 6.45) is 3.78. The molecule has 1 aromatic heterocycles. The molecule has 4 aromatic rings. The van der Waals surface area contributed by atoms with Crippen LogP contribution in [0.1, 0.15) is 11.1 Å². The quantitative estimate of drug-likeness (QED) is 0.190. The summed E-state index contributed by atoms with van der Waals surface area (Å²) in [6.45, 7) is 0.453. The van der Waals surface area contributed by atoms with Crippen molar-refractivity contribution in [3.63, 3.8) is 0 Å². The van der Waals surface area contributed by atoms with Crippen molar-refractivity contribution in [3.8, 4) is 0 Å². The highest BCUT2D eigenvalue weighted by Gasteiger charge is 2.34. The molecule has 0 aliphatic carbocycles. The molecule has 170 valence electrons. The molecule has 3 aromatic carbocycles. The molecule has 1 saturated heterocycles. The maximum atomic E-state index is 13.5. The second-order valence-electron chi connectivity index (χ2n) is 7.58. The molecule has 0 spiro atoms. The second kappa shape index (κ2) is 9.36. The standard InChI is InChI=1S/C25H14Cl3FN2OS2/c26-16-6-8-22(20(28)10-16)31-24(32)23(34-25(31)33)9-15-13-30(21-4-2-1-3-18(15)21)12-14-5-7-17(29)11-19(14)27/h1-11,13H,12H2/b23-9-. The van der Waals surface area contributed by atoms with Gasteiger partial charge in [0.05, 0.1) is 15.6 Å². The van der Waals surface area contributed by atoms with Gasteiger partial charge in [0.15, 0.2) is 4.32 Å². The van der Waals surface area contributed by atoms with Crippen LogP contribution >= 0.6 is 58.8 Å². The maximum Gasteiger partial charge on any atom is 0.270 e. The van der Waals surface area contributed by atoms with Gasteiger partial charge in [-0.15, -0.1) is 0 Å². The van der Waals surface area contributed by atoms with Gasteiger partial charge in [-0.1, -0.05) is 83.0 Å². The largest absolute Gasteiger partial charge is 0.342 e. The summed E-state index contributed by atoms with van der Waals surface area (Å²) >= 11 is 25.3. The number of hydrogen-bond donors (Lipinski definition) is 0. The monoisotopic (exact) mass is 546 g/mol. The number of carbonyl (C=O) groups is 1. The topological polar surface area (TPSA) is 25.2 Å². The summed E-state index contributed by atoms with van der Waals surface area (Å²) in [4.78, 5) is 15.2. The Balaban J connectivity index is 1.53. The minimum Gasteiger partial charge on any atom is -0.342 e. The maximum absolute atomic E-state index is 13.5. The normalized spacial score (nSPS) is 15.2. The zero-order chi connectivity index (χ0) is 24.0. The van der Waals surface area contributed by atoms with Gasteiger partial charge in [0, 0.05) is 39.3 Å². The molecule has 1 aliphatic heterocycles. The lowest BCUT2D eigenvalue weighted by Crippen LogP contribution is -2.27. The predicted octanol–water partition coefficient (Wildman–Crippen LogP) is 8.19. The van der Waals surface area contributed by atoms with E-state index in [2.05, 4.69) is 0 Å². The van der Waals surface area contributed by atoms with Crippen LogP contribution in [0.2, 0.25) is 15.1 Å². The first-order valence-electron chi connectivity index (χ1n) is 10.1. The third kappa shape index (κ3) is 4.37. The Kier molecular flexibility index (Phi) is 6.44. The highest BCUT2D eigenvalue weighted by atomic mass is 35.5. The molecular formula is C25H14Cl3FN2OS2. The Labute approximate surface area is 219 Å². The van der Waals surface area contributed by atoms with Gasteiger partial charge in [0.2, 0.25) is 0 Å². The molecule has 0 bridgehead atoms. The Hall–Kier alpha value is -2.35. The highest BCUT2D eigenvalue weighted by molar-refractivity contribution is 8.27. The van der Waals surface area contributed by atoms with E-state index in [-0.39, 0.29) is 11.7 Å². The van der Waals surface area contributed by atoms with E-state index in [0.717, 1.165) is 22.0 Å². The van der Waals surface area contributed by atoms with Gasteiger partial charge in [0.25, 0.3) is 5.91 Å². The van der Waals surface area contributed by atoms with E-state index in [1.807, 2.05) is 41.1 Å². The van der Waals surface area contributed by atoms with Crippen LogP contribution in [0.3, 0.4) is 0 Å². The number of aromatic nitrogens is 1. The van der Waals surface area contributed by atoms with Gasteiger partial charge in [-0.2, -0.15) is 0 Å². The van der Waals surface area contributed by atoms with Crippen LogP contribution in [0, 0.1) is 5.82 Å². The summed E-state index contributed by atoms with van der Waals surface area (Å²) in [5.74, 6) is -0.632. The molecule has 2 heterocycles. The van der Waals surface area contributed by atoms with Crippen LogP contribution < -0.4 is 4.90 Å². The minimum absolute atomic E-state index is 0.252. The fourth-order valence-corrected chi connectivity index (χ4v) is 5.83. The summed E-state index contributed by atoms with van der Waals surface area (Å²) in [5, 5.41) is 2.15. The van der Waals surface area contributed by atoms with E-state index in [4.69, 9.17) is 47.0 Å². The number of thiocarbonyl (C=S) groups is 1. The van der Waals surface area contributed by atoms with E-state index >= 15 is 0 Å². The van der Waals surface area contributed by atoms with Gasteiger partial charge >= 0.3 is 0 Å². The molecule has 1 fully saturated rings. The van der Waals surface area contributed by atoms with Crippen LogP contribution in [0.4, 0.5) is 10.1 Å². The second-order valence-corrected chi connectivity index (χ2v) is 10.5. The van der Waals surface area contributed by atoms with Crippen LogP contribution in [-0.4, -0.2) is 14.8 Å². The Morgan fingerprint density at radius 2 is 1.79 bits per heavy atom. The molecule has 0 saturated carbocycles. The van der Waals surface area contributed by atoms with Crippen molar-refractivity contribution in [2.24, 2.45) is 0 Å². The lowest BCUT2D eigenvalue weighted by Gasteiger charge is -2.16. The zero-order valence-corrected chi connectivity index (χ0v) is 21.2. The van der Waals surface area contributed by atoms with Gasteiger partial charge in [-0.25, -0.2) is 4.39 Å². The van der Waals surface area contributed by atoms with E-state index in [9.17, 15) is 9.18 Å². The van der Waals surface area contributed by atoms with E-state index in [1.54, 1.807) is 24.3 Å². The summed E-state index contributed by atoms with van der Waals surface area (Å²) in [7, 11) is 0. The van der Waals surface area contributed by atoms with Crippen molar-refractivity contribution in [2.45, 2.75) is 6.54 Å². The molecule has 5 rings (SSSR count). The van der Waals surface area contributed by atoms with E-state index in [1.165, 1.54) is 28.8 Å². The molecule has 1 amide bonds. The average molecular weight is 548 g/mol. The van der Waals surface area contributed by atoms with Crippen LogP contribution in [0.15, 0.2) is 71.8 Å². The number of nitrogens with zero attached hydrogens (tertiary/aromatic N) is 2. The Morgan fingerprint density at radius 3 is 2.56 bits per heavy atom. The lowest BCUT2D eigenvalue weighted by atomic mass is 10.1. The number of carbonyl (C=O) groups excluding carboxylic acids is 1. The van der Waals surface area contributed by atoms with Crippen LogP contribution in [0.5, 0.6) is 0 Å². The molecule has 3 nitrogen and oxygen atoms in total. The first-order chi connectivity index (χ1) is 16.3. The van der Waals surface area contributed by atoms with E-state index in [0.29, 0.717) is 36.5 Å². The van der Waals surface area contributed by atoms with Gasteiger partial charge in [-0.05, 0) is 48.0 Å². The number of anilines is 1. The third-order valence-electron chi connectivity index (χ3n) is 5.41. The molecular weight excluding hydrogens is 534 g/mol. The number of para-hydroxylation sites is 1. The molecule has 0 unspecified atom stereocenters. The van der Waals surface area contributed by atoms with Crippen molar-refractivity contribution in [3.05, 3.63) is 104 Å². The van der Waals surface area contributed by atoms with Crippen molar-refractivity contribution in [1.29, 1.82) is 0 Å². The number of fused-ring (bicyclic) bond motifs is 1. The van der Waals surface area contributed by atoms with Gasteiger partial charge in [-0.3, -0.25) is 9.69 Å². The summed E-state index contributed by atoms with van der Waals surface area (Å²) < 4.78 is 15.9. The zero-order valence-electron chi connectivity index (χ0n) is 17.3. The molecule has 0 N–H and O–H groups in total. The summed E-state index contributed by atoms with van der Waals surface area (Å²) in [6, 6.07) is 17.1. The number of rotatable bonds is 4. The number of benzene rings is 3. The number of thioether (sulfide) groups is 1. The first kappa shape index (κ1) is 23.4. The molecule has 9 heteroatoms. The molecule has 0 radical (unpaired) electrons. The third-order valence-corrected chi connectivity index (χ3v) is 7.60. The lowest BCUT2D eigenvalue weighted by molar-refractivity contribution is -0.113. The van der Waals surface area contributed by atoms with Gasteiger partial charge in [0.1, 0.15) is 5.82 Å². The van der Waals surface area contributed by atoms with Crippen molar-refractivity contribution in [1.82, 2.24) is 4.57 Å². The van der Waals surface area contributed by atoms with Crippen LogP contribution in [0.25, 0.3) is 17.0 Å². The smallest absolute Gasteiger partial charge is 0.270 e. The van der Waals surface area contributed by atoms with Crippen molar-refractivity contribution in [2.75, 3.05) is 4.90 Å². The Morgan fingerprint density at radius 1 is 1.00 bits per heavy atom. The van der Waals surface area contributed by atoms with Crippen molar-refractivity contribution < 1.29 is 9.18 Å². The number of amides is 1. The Bertz CT molecular complexity index is 1520. The fraction of sp³-hybridized carbons (Fsp3) is 0.0400. The number of hydrogen-bond acceptors (Lipinski definition) is 3. The minimum atomic E-state index is -0.380. The highest BCUT2D eigenvalue weighted by Crippen LogP contribution is 2.40. The van der Waals surface area contributed by atoms with Gasteiger partial charge < -0.3 is 4.57 Å². The summed E-state index contributed by atoms with van der Waals surface area (Å²) in [5.41, 5.74) is 3.10. The molecule has 34 heavy (non-hydrogen) atoms. The van der Waals surface area contributed by atoms with Crippen LogP contribution in [-0.2, 0) is 11.3 Å². The fourth-order valence-electron chi connectivity index (χ4n) is 3.83.